The van der Waals surface area contributed by atoms with Gasteiger partial charge in [-0.3, -0.25) is 0 Å². The molecular weight excluding hydrogens is 212 g/mol. The fraction of sp³-hybridized carbons (Fsp3) is 0.571. The summed E-state index contributed by atoms with van der Waals surface area (Å²) in [4.78, 5) is 0. The lowest BCUT2D eigenvalue weighted by Crippen LogP contribution is -2.27. The molecule has 0 heterocycles. The molecule has 0 amide bonds. The Morgan fingerprint density at radius 2 is 1.62 bits per heavy atom. The summed E-state index contributed by atoms with van der Waals surface area (Å²) < 4.78 is 5.92. The first-order valence-electron chi connectivity index (χ1n) is 6.08. The van der Waals surface area contributed by atoms with Gasteiger partial charge in [-0.2, -0.15) is 0 Å². The first-order chi connectivity index (χ1) is 7.41. The second kappa shape index (κ2) is 5.64. The third kappa shape index (κ3) is 4.10. The minimum Gasteiger partial charge on any atom is -0.421 e. The maximum atomic E-state index is 5.92. The molecule has 1 aromatic rings. The molecule has 0 fully saturated rings. The first kappa shape index (κ1) is 13.5. The van der Waals surface area contributed by atoms with Crippen molar-refractivity contribution in [1.82, 2.24) is 0 Å². The van der Waals surface area contributed by atoms with Crippen molar-refractivity contribution in [1.29, 1.82) is 0 Å². The van der Waals surface area contributed by atoms with E-state index in [0.717, 1.165) is 0 Å². The quantitative estimate of drug-likeness (QED) is 0.729. The zero-order valence-electron chi connectivity index (χ0n) is 11.2. The molecule has 1 unspecified atom stereocenters. The molecule has 2 heteroatoms. The molecule has 0 aliphatic heterocycles. The highest BCUT2D eigenvalue weighted by atomic mass is 28.2. The van der Waals surface area contributed by atoms with Crippen molar-refractivity contribution in [2.75, 3.05) is 0 Å². The van der Waals surface area contributed by atoms with E-state index in [4.69, 9.17) is 4.43 Å². The molecule has 1 atom stereocenters. The average molecular weight is 236 g/mol. The Morgan fingerprint density at radius 3 is 2.06 bits per heavy atom. The van der Waals surface area contributed by atoms with E-state index in [2.05, 4.69) is 65.0 Å². The molecule has 0 saturated heterocycles. The largest absolute Gasteiger partial charge is 0.421 e. The van der Waals surface area contributed by atoms with Crippen molar-refractivity contribution in [3.05, 3.63) is 35.9 Å². The van der Waals surface area contributed by atoms with Gasteiger partial charge in [-0.25, -0.2) is 0 Å². The molecular formula is C14H24OSi. The Morgan fingerprint density at radius 1 is 1.06 bits per heavy atom. The Kier molecular flexibility index (Phi) is 4.75. The Balaban J connectivity index is 2.81. The number of hydrogen-bond acceptors (Lipinski definition) is 1. The highest BCUT2D eigenvalue weighted by Gasteiger charge is 2.27. The summed E-state index contributed by atoms with van der Waals surface area (Å²) in [5.74, 6) is 0. The molecule has 1 nitrogen and oxygen atoms in total. The van der Waals surface area contributed by atoms with Gasteiger partial charge >= 0.3 is 0 Å². The monoisotopic (exact) mass is 236 g/mol. The van der Waals surface area contributed by atoms with Gasteiger partial charge in [0, 0.05) is 11.6 Å². The summed E-state index contributed by atoms with van der Waals surface area (Å²) in [6.07, 6.45) is 0.361. The standard InChI is InChI=1S/C14H24OSi/c1-11(2)15-16-13(14(3,4)5)12-9-7-6-8-10-12/h6-11,13H,16H2,1-5H3. The molecule has 1 rings (SSSR count). The third-order valence-corrected chi connectivity index (χ3v) is 5.73. The molecule has 0 spiro atoms. The topological polar surface area (TPSA) is 9.23 Å². The maximum Gasteiger partial charge on any atom is 0.169 e. The number of rotatable bonds is 4. The highest BCUT2D eigenvalue weighted by molar-refractivity contribution is 6.30. The van der Waals surface area contributed by atoms with Crippen LogP contribution in [-0.2, 0) is 4.43 Å². The van der Waals surface area contributed by atoms with Crippen LogP contribution in [-0.4, -0.2) is 15.9 Å². The van der Waals surface area contributed by atoms with E-state index in [9.17, 15) is 0 Å². The van der Waals surface area contributed by atoms with Crippen molar-refractivity contribution in [2.45, 2.75) is 46.3 Å². The van der Waals surface area contributed by atoms with Gasteiger partial charge in [-0.1, -0.05) is 51.1 Å². The van der Waals surface area contributed by atoms with Gasteiger partial charge in [0.2, 0.25) is 0 Å². The van der Waals surface area contributed by atoms with Gasteiger partial charge in [0.15, 0.2) is 9.76 Å². The second-order valence-electron chi connectivity index (χ2n) is 5.71. The molecule has 0 saturated carbocycles. The second-order valence-corrected chi connectivity index (χ2v) is 7.19. The van der Waals surface area contributed by atoms with Crippen LogP contribution in [0.1, 0.15) is 45.7 Å². The molecule has 0 radical (unpaired) electrons. The number of benzene rings is 1. The van der Waals surface area contributed by atoms with Crippen molar-refractivity contribution in [2.24, 2.45) is 5.41 Å². The molecule has 0 N–H and O–H groups in total. The van der Waals surface area contributed by atoms with Gasteiger partial charge in [0.25, 0.3) is 0 Å². The van der Waals surface area contributed by atoms with Crippen LogP contribution in [0.2, 0.25) is 0 Å². The van der Waals surface area contributed by atoms with E-state index in [1.54, 1.807) is 0 Å². The van der Waals surface area contributed by atoms with E-state index in [0.29, 0.717) is 17.1 Å². The maximum absolute atomic E-state index is 5.92. The average Bonchev–Trinajstić information content (AvgIpc) is 2.17. The van der Waals surface area contributed by atoms with Gasteiger partial charge < -0.3 is 4.43 Å². The summed E-state index contributed by atoms with van der Waals surface area (Å²) in [7, 11) is -0.525. The lowest BCUT2D eigenvalue weighted by atomic mass is 9.87. The summed E-state index contributed by atoms with van der Waals surface area (Å²) in [5.41, 5.74) is 2.32. The molecule has 0 aliphatic carbocycles. The van der Waals surface area contributed by atoms with E-state index in [1.165, 1.54) is 5.56 Å². The van der Waals surface area contributed by atoms with Crippen LogP contribution in [0.25, 0.3) is 0 Å². The van der Waals surface area contributed by atoms with Gasteiger partial charge in [0.05, 0.1) is 0 Å². The normalized spacial score (nSPS) is 14.9. The Bertz CT molecular complexity index is 300. The predicted molar refractivity (Wildman–Crippen MR) is 73.4 cm³/mol. The van der Waals surface area contributed by atoms with E-state index in [-0.39, 0.29) is 0 Å². The van der Waals surface area contributed by atoms with Gasteiger partial charge in [-0.05, 0) is 24.8 Å². The first-order valence-corrected chi connectivity index (χ1v) is 7.47. The van der Waals surface area contributed by atoms with Gasteiger partial charge in [0.1, 0.15) is 0 Å². The Hall–Kier alpha value is -0.603. The number of hydrogen-bond donors (Lipinski definition) is 0. The fourth-order valence-corrected chi connectivity index (χ4v) is 3.36. The van der Waals surface area contributed by atoms with E-state index in [1.807, 2.05) is 0 Å². The van der Waals surface area contributed by atoms with Crippen molar-refractivity contribution in [3.8, 4) is 0 Å². The van der Waals surface area contributed by atoms with Crippen molar-refractivity contribution >= 4 is 9.76 Å². The van der Waals surface area contributed by atoms with Crippen LogP contribution >= 0.6 is 0 Å². The van der Waals surface area contributed by atoms with Crippen LogP contribution in [0.4, 0.5) is 0 Å². The minimum absolute atomic E-state index is 0.294. The molecule has 0 bridgehead atoms. The SMILES string of the molecule is CC(C)O[SiH2]C(c1ccccc1)C(C)(C)C. The molecule has 0 aliphatic rings. The fourth-order valence-electron chi connectivity index (χ4n) is 1.82. The summed E-state index contributed by atoms with van der Waals surface area (Å²) in [5, 5.41) is 0. The van der Waals surface area contributed by atoms with Crippen LogP contribution in [0.3, 0.4) is 0 Å². The van der Waals surface area contributed by atoms with Crippen LogP contribution < -0.4 is 0 Å². The lowest BCUT2D eigenvalue weighted by Gasteiger charge is -2.31. The van der Waals surface area contributed by atoms with Crippen molar-refractivity contribution in [3.63, 3.8) is 0 Å². The third-order valence-electron chi connectivity index (χ3n) is 2.84. The molecule has 0 aromatic heterocycles. The van der Waals surface area contributed by atoms with Crippen LogP contribution in [0, 0.1) is 5.41 Å². The molecule has 1 aromatic carbocycles. The molecule has 90 valence electrons. The molecule has 16 heavy (non-hydrogen) atoms. The van der Waals surface area contributed by atoms with Gasteiger partial charge in [-0.15, -0.1) is 0 Å². The summed E-state index contributed by atoms with van der Waals surface area (Å²) in [6.45, 7) is 11.2. The van der Waals surface area contributed by atoms with Crippen LogP contribution in [0.5, 0.6) is 0 Å². The lowest BCUT2D eigenvalue weighted by molar-refractivity contribution is 0.236. The van der Waals surface area contributed by atoms with E-state index < -0.39 is 9.76 Å². The zero-order chi connectivity index (χ0) is 12.2. The van der Waals surface area contributed by atoms with E-state index >= 15 is 0 Å². The summed E-state index contributed by atoms with van der Waals surface area (Å²) in [6, 6.07) is 10.8. The summed E-state index contributed by atoms with van der Waals surface area (Å²) >= 11 is 0. The van der Waals surface area contributed by atoms with Crippen LogP contribution in [0.15, 0.2) is 30.3 Å². The highest BCUT2D eigenvalue weighted by Crippen LogP contribution is 2.34. The Labute approximate surface area is 102 Å². The zero-order valence-corrected chi connectivity index (χ0v) is 12.6. The van der Waals surface area contributed by atoms with Crippen molar-refractivity contribution < 1.29 is 4.43 Å². The minimum atomic E-state index is -0.525. The smallest absolute Gasteiger partial charge is 0.169 e. The predicted octanol–water partition coefficient (Wildman–Crippen LogP) is 3.28.